The highest BCUT2D eigenvalue weighted by atomic mass is 16.7. The van der Waals surface area contributed by atoms with Crippen LogP contribution in [0, 0.1) is 0 Å². The van der Waals surface area contributed by atoms with Gasteiger partial charge in [-0.3, -0.25) is 0 Å². The van der Waals surface area contributed by atoms with E-state index >= 15 is 0 Å². The molecule has 14 heteroatoms. The number of aliphatic hydroxyl groups is 7. The summed E-state index contributed by atoms with van der Waals surface area (Å²) in [6.45, 7) is -1.18. The molecule has 0 spiro atoms. The van der Waals surface area contributed by atoms with Crippen LogP contribution in [0.15, 0.2) is 48.5 Å². The first-order chi connectivity index (χ1) is 19.4. The van der Waals surface area contributed by atoms with E-state index in [1.165, 1.54) is 24.3 Å². The summed E-state index contributed by atoms with van der Waals surface area (Å²) < 4.78 is 21.5. The van der Waals surface area contributed by atoms with Gasteiger partial charge in [0, 0.05) is 5.56 Å². The summed E-state index contributed by atoms with van der Waals surface area (Å²) in [6.07, 6.45) is -13.6. The molecule has 0 amide bonds. The second-order valence-electron chi connectivity index (χ2n) is 9.90. The van der Waals surface area contributed by atoms with Crippen molar-refractivity contribution in [2.45, 2.75) is 74.1 Å². The zero-order valence-corrected chi connectivity index (χ0v) is 21.6. The van der Waals surface area contributed by atoms with E-state index in [1.54, 1.807) is 18.2 Å². The highest BCUT2D eigenvalue weighted by molar-refractivity contribution is 5.89. The Bertz CT molecular complexity index is 1210. The molecule has 2 fully saturated rings. The van der Waals surface area contributed by atoms with Crippen molar-refractivity contribution < 1.29 is 69.4 Å². The molecule has 1 saturated carbocycles. The molecule has 0 bridgehead atoms. The molecule has 1 heterocycles. The second-order valence-corrected chi connectivity index (χ2v) is 9.90. The number of ether oxygens (including phenoxy) is 4. The highest BCUT2D eigenvalue weighted by Crippen LogP contribution is 2.33. The minimum absolute atomic E-state index is 0.0224. The number of carbonyl (C=O) groups excluding carboxylic acids is 2. The Hall–Kier alpha value is -3.34. The lowest BCUT2D eigenvalue weighted by molar-refractivity contribution is -0.277. The van der Waals surface area contributed by atoms with Gasteiger partial charge in [0.1, 0.15) is 55.2 Å². The summed E-state index contributed by atoms with van der Waals surface area (Å²) >= 11 is 0. The van der Waals surface area contributed by atoms with Crippen LogP contribution in [-0.4, -0.2) is 114 Å². The second kappa shape index (κ2) is 12.7. The molecule has 2 aromatic rings. The fourth-order valence-electron chi connectivity index (χ4n) is 4.60. The summed E-state index contributed by atoms with van der Waals surface area (Å²) in [5.74, 6) is -2.58. The topological polar surface area (TPSA) is 233 Å². The van der Waals surface area contributed by atoms with Crippen molar-refractivity contribution in [3.63, 3.8) is 0 Å². The smallest absolute Gasteiger partial charge is 0.344 e. The zero-order chi connectivity index (χ0) is 29.9. The minimum Gasteiger partial charge on any atom is -0.508 e. The predicted molar refractivity (Wildman–Crippen MR) is 134 cm³/mol. The van der Waals surface area contributed by atoms with Gasteiger partial charge >= 0.3 is 11.9 Å². The first kappa shape index (κ1) is 30.6. The van der Waals surface area contributed by atoms with Gasteiger partial charge in [0.2, 0.25) is 11.9 Å². The molecule has 9 atom stereocenters. The maximum Gasteiger partial charge on any atom is 0.344 e. The Kier molecular flexibility index (Phi) is 9.46. The third kappa shape index (κ3) is 6.45. The number of phenols is 1. The van der Waals surface area contributed by atoms with Crippen molar-refractivity contribution in [2.75, 3.05) is 6.61 Å². The molecule has 2 aromatic carbocycles. The van der Waals surface area contributed by atoms with Crippen LogP contribution in [-0.2, 0) is 25.6 Å². The number of esters is 2. The van der Waals surface area contributed by atoms with Crippen LogP contribution in [0.3, 0.4) is 0 Å². The van der Waals surface area contributed by atoms with Crippen molar-refractivity contribution in [1.29, 1.82) is 0 Å². The van der Waals surface area contributed by atoms with Crippen LogP contribution in [0.2, 0.25) is 0 Å². The molecule has 0 radical (unpaired) electrons. The Labute approximate surface area is 233 Å². The number of rotatable bonds is 8. The fourth-order valence-corrected chi connectivity index (χ4v) is 4.60. The summed E-state index contributed by atoms with van der Waals surface area (Å²) in [6, 6.07) is 11.5. The van der Waals surface area contributed by atoms with E-state index in [-0.39, 0.29) is 35.5 Å². The van der Waals surface area contributed by atoms with Crippen LogP contribution in [0.5, 0.6) is 11.5 Å². The quantitative estimate of drug-likeness (QED) is 0.159. The zero-order valence-electron chi connectivity index (χ0n) is 21.6. The average Bonchev–Trinajstić information content (AvgIpc) is 2.97. The van der Waals surface area contributed by atoms with Gasteiger partial charge in [-0.2, -0.15) is 0 Å². The first-order valence-corrected chi connectivity index (χ1v) is 12.8. The molecular weight excluding hydrogens is 548 g/mol. The SMILES string of the molecule is O=C(OC[C@@H]1O[C@H](Oc2ccc(O)cc2COC(=O)[C@]2(O)[C@H](O)CC[C@@H](O)[C@H]2O)[C@@H](O)[C@H](O)[C@H]1O)c1ccccc1. The molecular formula is C27H32O14. The van der Waals surface area contributed by atoms with Gasteiger partial charge in [-0.25, -0.2) is 9.59 Å². The summed E-state index contributed by atoms with van der Waals surface area (Å²) in [7, 11) is 0. The molecule has 2 aliphatic rings. The van der Waals surface area contributed by atoms with E-state index in [9.17, 15) is 50.4 Å². The maximum atomic E-state index is 12.7. The molecule has 14 nitrogen and oxygen atoms in total. The number of hydrogen-bond donors (Lipinski definition) is 8. The predicted octanol–water partition coefficient (Wildman–Crippen LogP) is -1.91. The van der Waals surface area contributed by atoms with Crippen molar-refractivity contribution in [2.24, 2.45) is 0 Å². The van der Waals surface area contributed by atoms with Gasteiger partial charge < -0.3 is 59.8 Å². The molecule has 1 aliphatic carbocycles. The summed E-state index contributed by atoms with van der Waals surface area (Å²) in [5.41, 5.74) is -2.60. The van der Waals surface area contributed by atoms with Gasteiger partial charge in [-0.05, 0) is 43.2 Å². The summed E-state index contributed by atoms with van der Waals surface area (Å²) in [4.78, 5) is 25.0. The minimum atomic E-state index is -2.82. The van der Waals surface area contributed by atoms with E-state index in [0.29, 0.717) is 0 Å². The standard InChI is InChI=1S/C27H32O14/c28-15-6-8-17(14(10-15)11-39-26(36)27(37)19(30)9-7-16(29)23(27)34)40-25-22(33)21(32)20(31)18(41-25)12-38-24(35)13-4-2-1-3-5-13/h1-6,8,10,16,18-23,25,28-34,37H,7,9,11-12H2/t16-,18+,19-,20+,21-,22+,23-,25+,27+/m1/s1. The Morgan fingerprint density at radius 1 is 0.902 bits per heavy atom. The lowest BCUT2D eigenvalue weighted by atomic mass is 9.78. The lowest BCUT2D eigenvalue weighted by Crippen LogP contribution is -2.65. The van der Waals surface area contributed by atoms with Gasteiger partial charge in [0.15, 0.2) is 0 Å². The van der Waals surface area contributed by atoms with Crippen molar-refractivity contribution in [3.8, 4) is 11.5 Å². The van der Waals surface area contributed by atoms with Gasteiger partial charge in [0.25, 0.3) is 0 Å². The molecule has 0 unspecified atom stereocenters. The van der Waals surface area contributed by atoms with Crippen LogP contribution in [0.1, 0.15) is 28.8 Å². The van der Waals surface area contributed by atoms with E-state index in [2.05, 4.69) is 0 Å². The fraction of sp³-hybridized carbons (Fsp3) is 0.481. The molecule has 0 aromatic heterocycles. The summed E-state index contributed by atoms with van der Waals surface area (Å²) in [5, 5.41) is 81.9. The van der Waals surface area contributed by atoms with Crippen LogP contribution in [0.4, 0.5) is 0 Å². The van der Waals surface area contributed by atoms with E-state index < -0.39 is 79.8 Å². The van der Waals surface area contributed by atoms with Gasteiger partial charge in [-0.15, -0.1) is 0 Å². The van der Waals surface area contributed by atoms with Crippen molar-refractivity contribution in [3.05, 3.63) is 59.7 Å². The molecule has 224 valence electrons. The molecule has 4 rings (SSSR count). The Balaban J connectivity index is 1.45. The first-order valence-electron chi connectivity index (χ1n) is 12.8. The third-order valence-corrected chi connectivity index (χ3v) is 7.09. The van der Waals surface area contributed by atoms with Crippen molar-refractivity contribution in [1.82, 2.24) is 0 Å². The van der Waals surface area contributed by atoms with Crippen LogP contribution >= 0.6 is 0 Å². The van der Waals surface area contributed by atoms with Gasteiger partial charge in [-0.1, -0.05) is 18.2 Å². The Morgan fingerprint density at radius 3 is 2.32 bits per heavy atom. The lowest BCUT2D eigenvalue weighted by Gasteiger charge is -2.41. The van der Waals surface area contributed by atoms with Crippen molar-refractivity contribution >= 4 is 11.9 Å². The van der Waals surface area contributed by atoms with Crippen LogP contribution in [0.25, 0.3) is 0 Å². The molecule has 41 heavy (non-hydrogen) atoms. The normalized spacial score (nSPS) is 33.5. The maximum absolute atomic E-state index is 12.7. The molecule has 8 N–H and O–H groups in total. The van der Waals surface area contributed by atoms with Gasteiger partial charge in [0.05, 0.1) is 17.8 Å². The number of aromatic hydroxyl groups is 1. The average molecular weight is 581 g/mol. The molecule has 1 saturated heterocycles. The highest BCUT2D eigenvalue weighted by Gasteiger charge is 2.56. The van der Waals surface area contributed by atoms with E-state index in [1.807, 2.05) is 0 Å². The number of carbonyl (C=O) groups is 2. The largest absolute Gasteiger partial charge is 0.508 e. The Morgan fingerprint density at radius 2 is 1.61 bits per heavy atom. The number of hydrogen-bond acceptors (Lipinski definition) is 14. The number of aliphatic hydroxyl groups excluding tert-OH is 6. The van der Waals surface area contributed by atoms with E-state index in [4.69, 9.17) is 18.9 Å². The monoisotopic (exact) mass is 580 g/mol. The third-order valence-electron chi connectivity index (χ3n) is 7.09. The molecule has 1 aliphatic heterocycles. The van der Waals surface area contributed by atoms with E-state index in [0.717, 1.165) is 6.07 Å². The van der Waals surface area contributed by atoms with Crippen LogP contribution < -0.4 is 4.74 Å². The number of benzene rings is 2. The number of phenolic OH excluding ortho intramolecular Hbond substituents is 1.